The molecule has 2 heterocycles. The molecule has 4 rings (SSSR count). The minimum absolute atomic E-state index is 0.162. The number of likely N-dealkylation sites (N-methyl/N-ethyl adjacent to an activating group) is 1. The highest BCUT2D eigenvalue weighted by Gasteiger charge is 2.39. The lowest BCUT2D eigenvalue weighted by molar-refractivity contribution is -0.137. The maximum atomic E-state index is 12.6. The molecule has 1 aromatic heterocycles. The van der Waals surface area contributed by atoms with Crippen molar-refractivity contribution in [2.75, 3.05) is 19.9 Å². The third-order valence-corrected chi connectivity index (χ3v) is 4.96. The molecule has 0 spiro atoms. The average molecular weight is 349 g/mol. The summed E-state index contributed by atoms with van der Waals surface area (Å²) in [6.07, 6.45) is 0.162. The fraction of sp³-hybridized carbons (Fsp3) is 0.200. The number of nitrogens with zero attached hydrogens (tertiary/aromatic N) is 2. The molecule has 2 aromatic carbocycles. The molecule has 1 fully saturated rings. The number of fused-ring (bicyclic) bond motifs is 1. The van der Waals surface area contributed by atoms with Gasteiger partial charge in [-0.3, -0.25) is 14.5 Å². The van der Waals surface area contributed by atoms with Crippen molar-refractivity contribution in [3.8, 4) is 11.4 Å². The molecule has 2 amide bonds. The zero-order valence-electron chi connectivity index (χ0n) is 14.6. The smallest absolute Gasteiger partial charge is 0.238 e. The highest BCUT2D eigenvalue weighted by atomic mass is 16.5. The first kappa shape index (κ1) is 16.2. The summed E-state index contributed by atoms with van der Waals surface area (Å²) in [6, 6.07) is 15.2. The van der Waals surface area contributed by atoms with Crippen molar-refractivity contribution < 1.29 is 14.3 Å². The number of aromatic nitrogens is 1. The number of ether oxygens (including phenoxy) is 1. The van der Waals surface area contributed by atoms with Crippen LogP contribution >= 0.6 is 0 Å². The number of carbonyl (C=O) groups excluding carboxylic acids is 2. The number of para-hydroxylation sites is 2. The molecule has 1 unspecified atom stereocenters. The molecule has 1 aliphatic heterocycles. The Hall–Kier alpha value is -3.28. The predicted molar refractivity (Wildman–Crippen MR) is 99.4 cm³/mol. The molecule has 0 bridgehead atoms. The second-order valence-electron chi connectivity index (χ2n) is 6.44. The number of methoxy groups -OCH3 is 1. The van der Waals surface area contributed by atoms with Gasteiger partial charge in [0.25, 0.3) is 0 Å². The largest absolute Gasteiger partial charge is 0.497 e. The van der Waals surface area contributed by atoms with E-state index in [0.717, 1.165) is 22.3 Å². The molecule has 132 valence electrons. The van der Waals surface area contributed by atoms with E-state index < -0.39 is 5.92 Å². The second kappa shape index (κ2) is 5.91. The van der Waals surface area contributed by atoms with E-state index in [1.54, 1.807) is 7.11 Å². The van der Waals surface area contributed by atoms with Crippen LogP contribution in [0.4, 0.5) is 5.69 Å². The summed E-state index contributed by atoms with van der Waals surface area (Å²) in [4.78, 5) is 25.9. The van der Waals surface area contributed by atoms with E-state index in [4.69, 9.17) is 10.5 Å². The SMILES string of the molecule is COc1ccc2cc(C3CC(=O)N(C)C3=O)n(-c3ccccc3N)c2c1. The Kier molecular flexibility index (Phi) is 3.68. The van der Waals surface area contributed by atoms with Crippen LogP contribution in [0.5, 0.6) is 5.75 Å². The predicted octanol–water partition coefficient (Wildman–Crippen LogP) is 2.69. The molecule has 26 heavy (non-hydrogen) atoms. The lowest BCUT2D eigenvalue weighted by atomic mass is 10.0. The molecule has 0 saturated carbocycles. The normalized spacial score (nSPS) is 17.3. The van der Waals surface area contributed by atoms with E-state index in [0.29, 0.717) is 11.4 Å². The number of carbonyl (C=O) groups is 2. The maximum absolute atomic E-state index is 12.6. The summed E-state index contributed by atoms with van der Waals surface area (Å²) in [7, 11) is 3.14. The number of amides is 2. The van der Waals surface area contributed by atoms with Crippen LogP contribution in [0.1, 0.15) is 18.0 Å². The van der Waals surface area contributed by atoms with Crippen LogP contribution in [0, 0.1) is 0 Å². The molecule has 0 radical (unpaired) electrons. The van der Waals surface area contributed by atoms with Crippen molar-refractivity contribution in [1.82, 2.24) is 9.47 Å². The molecule has 6 heteroatoms. The summed E-state index contributed by atoms with van der Waals surface area (Å²) < 4.78 is 7.32. The number of imide groups is 1. The van der Waals surface area contributed by atoms with Gasteiger partial charge in [0, 0.05) is 30.6 Å². The van der Waals surface area contributed by atoms with Gasteiger partial charge in [0.15, 0.2) is 0 Å². The van der Waals surface area contributed by atoms with Crippen LogP contribution in [0.25, 0.3) is 16.6 Å². The maximum Gasteiger partial charge on any atom is 0.238 e. The van der Waals surface area contributed by atoms with E-state index >= 15 is 0 Å². The summed E-state index contributed by atoms with van der Waals surface area (Å²) in [5.74, 6) is -0.176. The van der Waals surface area contributed by atoms with E-state index in [1.807, 2.05) is 53.1 Å². The van der Waals surface area contributed by atoms with E-state index in [9.17, 15) is 9.59 Å². The van der Waals surface area contributed by atoms with Gasteiger partial charge in [-0.15, -0.1) is 0 Å². The minimum Gasteiger partial charge on any atom is -0.497 e. The van der Waals surface area contributed by atoms with Crippen LogP contribution in [0.15, 0.2) is 48.5 Å². The number of anilines is 1. The van der Waals surface area contributed by atoms with E-state index in [-0.39, 0.29) is 18.2 Å². The second-order valence-corrected chi connectivity index (χ2v) is 6.44. The Morgan fingerprint density at radius 2 is 1.88 bits per heavy atom. The van der Waals surface area contributed by atoms with Crippen LogP contribution in [0.3, 0.4) is 0 Å². The standard InChI is InChI=1S/C20H19N3O3/c1-22-19(24)11-14(20(22)25)18-9-12-7-8-13(26-2)10-17(12)23(18)16-6-4-3-5-15(16)21/h3-10,14H,11,21H2,1-2H3. The summed E-state index contributed by atoms with van der Waals surface area (Å²) >= 11 is 0. The van der Waals surface area contributed by atoms with Crippen LogP contribution in [-0.4, -0.2) is 35.4 Å². The quantitative estimate of drug-likeness (QED) is 0.582. The molecule has 1 saturated heterocycles. The highest BCUT2D eigenvalue weighted by Crippen LogP contribution is 2.37. The molecule has 1 atom stereocenters. The molecular formula is C20H19N3O3. The third-order valence-electron chi connectivity index (χ3n) is 4.96. The van der Waals surface area contributed by atoms with Gasteiger partial charge in [0.2, 0.25) is 11.8 Å². The first-order valence-corrected chi connectivity index (χ1v) is 8.36. The lowest BCUT2D eigenvalue weighted by Gasteiger charge is -2.16. The molecule has 0 aliphatic carbocycles. The van der Waals surface area contributed by atoms with Crippen molar-refractivity contribution in [2.24, 2.45) is 0 Å². The summed E-state index contributed by atoms with van der Waals surface area (Å²) in [5.41, 5.74) is 9.23. The Morgan fingerprint density at radius 1 is 1.12 bits per heavy atom. The summed E-state index contributed by atoms with van der Waals surface area (Å²) in [6.45, 7) is 0. The Labute approximate surface area is 150 Å². The molecule has 3 aromatic rings. The van der Waals surface area contributed by atoms with Gasteiger partial charge in [-0.2, -0.15) is 0 Å². The van der Waals surface area contributed by atoms with Gasteiger partial charge in [0.1, 0.15) is 5.75 Å². The molecular weight excluding hydrogens is 330 g/mol. The van der Waals surface area contributed by atoms with Gasteiger partial charge in [-0.1, -0.05) is 12.1 Å². The number of likely N-dealkylation sites (tertiary alicyclic amines) is 1. The highest BCUT2D eigenvalue weighted by molar-refractivity contribution is 6.06. The van der Waals surface area contributed by atoms with Crippen molar-refractivity contribution in [2.45, 2.75) is 12.3 Å². The zero-order valence-corrected chi connectivity index (χ0v) is 14.6. The number of benzene rings is 2. The van der Waals surface area contributed by atoms with Crippen molar-refractivity contribution in [3.05, 3.63) is 54.2 Å². The topological polar surface area (TPSA) is 77.6 Å². The van der Waals surface area contributed by atoms with Crippen molar-refractivity contribution in [3.63, 3.8) is 0 Å². The first-order valence-electron chi connectivity index (χ1n) is 8.36. The van der Waals surface area contributed by atoms with Crippen LogP contribution in [-0.2, 0) is 9.59 Å². The minimum atomic E-state index is -0.523. The van der Waals surface area contributed by atoms with Gasteiger partial charge >= 0.3 is 0 Å². The lowest BCUT2D eigenvalue weighted by Crippen LogP contribution is -2.25. The summed E-state index contributed by atoms with van der Waals surface area (Å²) in [5, 5.41) is 0.957. The van der Waals surface area contributed by atoms with Crippen molar-refractivity contribution in [1.29, 1.82) is 0 Å². The molecule has 6 nitrogen and oxygen atoms in total. The number of hydrogen-bond acceptors (Lipinski definition) is 4. The van der Waals surface area contributed by atoms with Crippen LogP contribution in [0.2, 0.25) is 0 Å². The number of hydrogen-bond donors (Lipinski definition) is 1. The van der Waals surface area contributed by atoms with Gasteiger partial charge in [-0.25, -0.2) is 0 Å². The zero-order chi connectivity index (χ0) is 18.4. The van der Waals surface area contributed by atoms with Crippen LogP contribution < -0.4 is 10.5 Å². The first-order chi connectivity index (χ1) is 12.5. The van der Waals surface area contributed by atoms with Gasteiger partial charge in [-0.05, 0) is 30.3 Å². The third kappa shape index (κ3) is 2.34. The fourth-order valence-electron chi connectivity index (χ4n) is 3.53. The molecule has 1 aliphatic rings. The molecule has 2 N–H and O–H groups in total. The Bertz CT molecular complexity index is 1040. The average Bonchev–Trinajstić information content (AvgIpc) is 3.14. The Balaban J connectivity index is 2.01. The van der Waals surface area contributed by atoms with Gasteiger partial charge in [0.05, 0.1) is 29.9 Å². The van der Waals surface area contributed by atoms with E-state index in [2.05, 4.69) is 0 Å². The number of nitrogen functional groups attached to an aromatic ring is 1. The fourth-order valence-corrected chi connectivity index (χ4v) is 3.53. The van der Waals surface area contributed by atoms with Crippen molar-refractivity contribution >= 4 is 28.4 Å². The monoisotopic (exact) mass is 349 g/mol. The van der Waals surface area contributed by atoms with E-state index in [1.165, 1.54) is 11.9 Å². The number of rotatable bonds is 3. The number of nitrogens with two attached hydrogens (primary N) is 1. The van der Waals surface area contributed by atoms with Gasteiger partial charge < -0.3 is 15.0 Å². The Morgan fingerprint density at radius 3 is 2.54 bits per heavy atom.